The van der Waals surface area contributed by atoms with Gasteiger partial charge in [-0.3, -0.25) is 0 Å². The Hall–Kier alpha value is -0.0800. The van der Waals surface area contributed by atoms with Crippen molar-refractivity contribution in [1.82, 2.24) is 5.32 Å². The Morgan fingerprint density at radius 2 is 1.85 bits per heavy atom. The lowest BCUT2D eigenvalue weighted by Gasteiger charge is -2.46. The Morgan fingerprint density at radius 3 is 2.46 bits per heavy atom. The van der Waals surface area contributed by atoms with Gasteiger partial charge in [0.2, 0.25) is 0 Å². The molecule has 0 amide bonds. The summed E-state index contributed by atoms with van der Waals surface area (Å²) in [6.07, 6.45) is 7.74. The molecule has 3 N–H and O–H groups in total. The summed E-state index contributed by atoms with van der Waals surface area (Å²) in [4.78, 5) is 0. The van der Waals surface area contributed by atoms with E-state index >= 15 is 0 Å². The third-order valence-corrected chi connectivity index (χ3v) is 4.53. The first-order valence-electron chi connectivity index (χ1n) is 5.72. The molecule has 1 saturated heterocycles. The van der Waals surface area contributed by atoms with Gasteiger partial charge in [-0.1, -0.05) is 13.3 Å². The molecule has 2 nitrogen and oxygen atoms in total. The van der Waals surface area contributed by atoms with Crippen LogP contribution < -0.4 is 11.1 Å². The molecule has 0 aromatic heterocycles. The Kier molecular flexibility index (Phi) is 2.37. The van der Waals surface area contributed by atoms with Crippen molar-refractivity contribution in [3.8, 4) is 0 Å². The first kappa shape index (κ1) is 9.47. The van der Waals surface area contributed by atoms with Crippen LogP contribution in [0.15, 0.2) is 0 Å². The molecule has 1 saturated carbocycles. The Morgan fingerprint density at radius 1 is 1.15 bits per heavy atom. The summed E-state index contributed by atoms with van der Waals surface area (Å²) in [5.41, 5.74) is 7.20. The van der Waals surface area contributed by atoms with Crippen LogP contribution in [0.1, 0.15) is 45.4 Å². The van der Waals surface area contributed by atoms with Crippen molar-refractivity contribution in [2.24, 2.45) is 11.1 Å². The predicted octanol–water partition coefficient (Wildman–Crippen LogP) is 1.65. The van der Waals surface area contributed by atoms with Gasteiger partial charge < -0.3 is 11.1 Å². The van der Waals surface area contributed by atoms with Gasteiger partial charge in [0, 0.05) is 5.54 Å². The van der Waals surface area contributed by atoms with E-state index in [2.05, 4.69) is 12.2 Å². The van der Waals surface area contributed by atoms with Crippen LogP contribution in [0.25, 0.3) is 0 Å². The molecule has 13 heavy (non-hydrogen) atoms. The topological polar surface area (TPSA) is 38.0 Å². The van der Waals surface area contributed by atoms with Crippen molar-refractivity contribution in [3.05, 3.63) is 0 Å². The second-order valence-corrected chi connectivity index (χ2v) is 4.89. The SMILES string of the molecule is CCC1(N)CCCC12CCNCC2. The van der Waals surface area contributed by atoms with Gasteiger partial charge in [-0.15, -0.1) is 0 Å². The van der Waals surface area contributed by atoms with Crippen molar-refractivity contribution in [2.45, 2.75) is 51.0 Å². The summed E-state index contributed by atoms with van der Waals surface area (Å²) >= 11 is 0. The molecule has 0 radical (unpaired) electrons. The minimum atomic E-state index is 0.162. The van der Waals surface area contributed by atoms with Gasteiger partial charge in [-0.2, -0.15) is 0 Å². The van der Waals surface area contributed by atoms with Crippen LogP contribution in [0.2, 0.25) is 0 Å². The number of piperidine rings is 1. The van der Waals surface area contributed by atoms with Crippen LogP contribution in [-0.2, 0) is 0 Å². The van der Waals surface area contributed by atoms with Crippen LogP contribution in [-0.4, -0.2) is 18.6 Å². The number of nitrogens with one attached hydrogen (secondary N) is 1. The number of hydrogen-bond acceptors (Lipinski definition) is 2. The molecule has 1 heterocycles. The molecule has 1 aliphatic carbocycles. The van der Waals surface area contributed by atoms with E-state index < -0.39 is 0 Å². The van der Waals surface area contributed by atoms with E-state index in [1.807, 2.05) is 0 Å². The van der Waals surface area contributed by atoms with E-state index in [0.29, 0.717) is 5.41 Å². The van der Waals surface area contributed by atoms with E-state index in [0.717, 1.165) is 6.42 Å². The summed E-state index contributed by atoms with van der Waals surface area (Å²) in [7, 11) is 0. The fourth-order valence-corrected chi connectivity index (χ4v) is 3.46. The molecule has 2 aliphatic rings. The maximum atomic E-state index is 6.54. The van der Waals surface area contributed by atoms with Crippen molar-refractivity contribution in [3.63, 3.8) is 0 Å². The normalized spacial score (nSPS) is 38.3. The van der Waals surface area contributed by atoms with E-state index in [1.54, 1.807) is 0 Å². The second kappa shape index (κ2) is 3.25. The average Bonchev–Trinajstić information content (AvgIpc) is 2.47. The fourth-order valence-electron chi connectivity index (χ4n) is 3.46. The van der Waals surface area contributed by atoms with Crippen molar-refractivity contribution >= 4 is 0 Å². The molecule has 0 aromatic carbocycles. The minimum absolute atomic E-state index is 0.162. The highest BCUT2D eigenvalue weighted by Crippen LogP contribution is 2.52. The third-order valence-electron chi connectivity index (χ3n) is 4.53. The second-order valence-electron chi connectivity index (χ2n) is 4.89. The standard InChI is InChI=1S/C11H22N2/c1-2-11(12)5-3-4-10(11)6-8-13-9-7-10/h13H,2-9,12H2,1H3. The van der Waals surface area contributed by atoms with Crippen LogP contribution in [0.5, 0.6) is 0 Å². The first-order valence-corrected chi connectivity index (χ1v) is 5.72. The minimum Gasteiger partial charge on any atom is -0.325 e. The maximum absolute atomic E-state index is 6.54. The first-order chi connectivity index (χ1) is 6.22. The van der Waals surface area contributed by atoms with Crippen molar-refractivity contribution in [2.75, 3.05) is 13.1 Å². The zero-order valence-corrected chi connectivity index (χ0v) is 8.73. The van der Waals surface area contributed by atoms with E-state index in [-0.39, 0.29) is 5.54 Å². The highest BCUT2D eigenvalue weighted by atomic mass is 14.9. The number of rotatable bonds is 1. The molecular weight excluding hydrogens is 160 g/mol. The fraction of sp³-hybridized carbons (Fsp3) is 1.00. The van der Waals surface area contributed by atoms with Gasteiger partial charge in [0.25, 0.3) is 0 Å². The zero-order valence-electron chi connectivity index (χ0n) is 8.73. The van der Waals surface area contributed by atoms with Crippen LogP contribution in [0.3, 0.4) is 0 Å². The average molecular weight is 182 g/mol. The molecular formula is C11H22N2. The van der Waals surface area contributed by atoms with E-state index in [9.17, 15) is 0 Å². The van der Waals surface area contributed by atoms with Gasteiger partial charge in [0.05, 0.1) is 0 Å². The Bertz CT molecular complexity index is 185. The molecule has 2 fully saturated rings. The Balaban J connectivity index is 2.18. The third kappa shape index (κ3) is 1.31. The molecule has 1 atom stereocenters. The lowest BCUT2D eigenvalue weighted by Crippen LogP contribution is -2.55. The molecule has 0 aromatic rings. The molecule has 2 heteroatoms. The van der Waals surface area contributed by atoms with Gasteiger partial charge in [-0.05, 0) is 50.6 Å². The molecule has 1 spiro atoms. The van der Waals surface area contributed by atoms with Crippen LogP contribution >= 0.6 is 0 Å². The summed E-state index contributed by atoms with van der Waals surface area (Å²) in [6, 6.07) is 0. The lowest BCUT2D eigenvalue weighted by molar-refractivity contribution is 0.104. The maximum Gasteiger partial charge on any atom is 0.0209 e. The largest absolute Gasteiger partial charge is 0.325 e. The van der Waals surface area contributed by atoms with Crippen molar-refractivity contribution in [1.29, 1.82) is 0 Å². The molecule has 1 unspecified atom stereocenters. The Labute approximate surface area is 81.3 Å². The molecule has 76 valence electrons. The highest BCUT2D eigenvalue weighted by molar-refractivity contribution is 5.07. The zero-order chi connectivity index (χ0) is 9.36. The van der Waals surface area contributed by atoms with Gasteiger partial charge >= 0.3 is 0 Å². The number of nitrogens with two attached hydrogens (primary N) is 1. The lowest BCUT2D eigenvalue weighted by atomic mass is 9.65. The number of hydrogen-bond donors (Lipinski definition) is 2. The molecule has 2 rings (SSSR count). The molecule has 1 aliphatic heterocycles. The summed E-state index contributed by atoms with van der Waals surface area (Å²) in [5, 5.41) is 3.44. The summed E-state index contributed by atoms with van der Waals surface area (Å²) < 4.78 is 0. The van der Waals surface area contributed by atoms with Gasteiger partial charge in [0.1, 0.15) is 0 Å². The quantitative estimate of drug-likeness (QED) is 0.647. The van der Waals surface area contributed by atoms with Crippen LogP contribution in [0.4, 0.5) is 0 Å². The van der Waals surface area contributed by atoms with Crippen LogP contribution in [0, 0.1) is 5.41 Å². The summed E-state index contributed by atoms with van der Waals surface area (Å²) in [6.45, 7) is 4.62. The molecule has 0 bridgehead atoms. The summed E-state index contributed by atoms with van der Waals surface area (Å²) in [5.74, 6) is 0. The van der Waals surface area contributed by atoms with Crippen molar-refractivity contribution < 1.29 is 0 Å². The van der Waals surface area contributed by atoms with E-state index in [1.165, 1.54) is 45.2 Å². The smallest absolute Gasteiger partial charge is 0.0209 e. The van der Waals surface area contributed by atoms with Gasteiger partial charge in [-0.25, -0.2) is 0 Å². The van der Waals surface area contributed by atoms with Gasteiger partial charge in [0.15, 0.2) is 0 Å². The van der Waals surface area contributed by atoms with E-state index in [4.69, 9.17) is 5.73 Å². The highest BCUT2D eigenvalue weighted by Gasteiger charge is 2.50. The predicted molar refractivity (Wildman–Crippen MR) is 55.6 cm³/mol. The monoisotopic (exact) mass is 182 g/mol.